The Kier molecular flexibility index (Phi) is 7.66. The number of imide groups is 1. The summed E-state index contributed by atoms with van der Waals surface area (Å²) in [4.78, 5) is 30.0. The van der Waals surface area contributed by atoms with Crippen molar-refractivity contribution in [1.29, 1.82) is 0 Å². The fraction of sp³-hybridized carbons (Fsp3) is 0.182. The zero-order valence-corrected chi connectivity index (χ0v) is 9.38. The second-order valence-electron chi connectivity index (χ2n) is 2.71. The van der Waals surface area contributed by atoms with Crippen LogP contribution >= 0.6 is 0 Å². The van der Waals surface area contributed by atoms with Crippen LogP contribution in [0.4, 0.5) is 4.79 Å². The summed E-state index contributed by atoms with van der Waals surface area (Å²) in [5, 5.41) is 1.80. The molecule has 0 saturated carbocycles. The molecule has 0 aliphatic carbocycles. The van der Waals surface area contributed by atoms with Crippen molar-refractivity contribution >= 4 is 18.4 Å². The number of ether oxygens (including phenoxy) is 1. The minimum atomic E-state index is -0.706. The van der Waals surface area contributed by atoms with Gasteiger partial charge in [-0.05, 0) is 19.1 Å². The Morgan fingerprint density at radius 1 is 1.35 bits per heavy atom. The van der Waals surface area contributed by atoms with Crippen LogP contribution in [0.25, 0.3) is 0 Å². The number of amides is 3. The molecule has 6 nitrogen and oxygen atoms in total. The van der Waals surface area contributed by atoms with Gasteiger partial charge in [-0.1, -0.05) is 18.2 Å². The van der Waals surface area contributed by atoms with Crippen molar-refractivity contribution in [2.45, 2.75) is 6.92 Å². The number of primary amides is 1. The maximum absolute atomic E-state index is 10.4. The molecule has 0 radical (unpaired) electrons. The number of hydrogen-bond acceptors (Lipinski definition) is 4. The van der Waals surface area contributed by atoms with Crippen molar-refractivity contribution in [3.8, 4) is 0 Å². The van der Waals surface area contributed by atoms with Gasteiger partial charge in [0.05, 0.1) is 6.61 Å². The van der Waals surface area contributed by atoms with Gasteiger partial charge in [0.25, 0.3) is 0 Å². The maximum Gasteiger partial charge on any atom is 0.413 e. The van der Waals surface area contributed by atoms with E-state index < -0.39 is 6.09 Å². The van der Waals surface area contributed by atoms with Crippen molar-refractivity contribution in [3.05, 3.63) is 35.9 Å². The van der Waals surface area contributed by atoms with Crippen LogP contribution in [-0.4, -0.2) is 25.0 Å². The monoisotopic (exact) mass is 238 g/mol. The molecule has 92 valence electrons. The lowest BCUT2D eigenvalue weighted by Crippen LogP contribution is -2.21. The van der Waals surface area contributed by atoms with Gasteiger partial charge in [0.15, 0.2) is 0 Å². The Morgan fingerprint density at radius 3 is 2.29 bits per heavy atom. The third kappa shape index (κ3) is 7.55. The third-order valence-corrected chi connectivity index (χ3v) is 1.51. The van der Waals surface area contributed by atoms with E-state index in [1.807, 2.05) is 6.07 Å². The molecule has 0 atom stereocenters. The van der Waals surface area contributed by atoms with E-state index in [-0.39, 0.29) is 18.9 Å². The van der Waals surface area contributed by atoms with E-state index in [9.17, 15) is 14.4 Å². The standard InChI is InChI=1S/C7H7NO.C4H7NO3/c8-7(9)6-4-2-1-3-5-6;1-2-8-4(7)5-3-6/h1-5H,(H2,8,9);3H,2H2,1H3,(H,5,6,7). The highest BCUT2D eigenvalue weighted by Gasteiger charge is 1.94. The van der Waals surface area contributed by atoms with Crippen LogP contribution in [0.2, 0.25) is 0 Å². The Hall–Kier alpha value is -2.37. The Labute approximate surface area is 98.7 Å². The molecule has 0 bridgehead atoms. The number of nitrogens with one attached hydrogen (secondary N) is 1. The third-order valence-electron chi connectivity index (χ3n) is 1.51. The second-order valence-corrected chi connectivity index (χ2v) is 2.71. The minimum Gasteiger partial charge on any atom is -0.450 e. The molecule has 0 unspecified atom stereocenters. The van der Waals surface area contributed by atoms with Crippen LogP contribution in [0, 0.1) is 0 Å². The number of alkyl carbamates (subject to hydrolysis) is 1. The number of carbonyl (C=O) groups excluding carboxylic acids is 3. The number of rotatable bonds is 3. The van der Waals surface area contributed by atoms with E-state index in [2.05, 4.69) is 4.74 Å². The molecule has 0 aliphatic rings. The summed E-state index contributed by atoms with van der Waals surface area (Å²) in [7, 11) is 0. The molecular formula is C11H14N2O4. The van der Waals surface area contributed by atoms with E-state index in [0.29, 0.717) is 5.56 Å². The average molecular weight is 238 g/mol. The van der Waals surface area contributed by atoms with Crippen LogP contribution in [0.5, 0.6) is 0 Å². The summed E-state index contributed by atoms with van der Waals surface area (Å²) in [6.45, 7) is 1.93. The van der Waals surface area contributed by atoms with Gasteiger partial charge >= 0.3 is 6.09 Å². The lowest BCUT2D eigenvalue weighted by molar-refractivity contribution is -0.109. The van der Waals surface area contributed by atoms with Crippen molar-refractivity contribution in [3.63, 3.8) is 0 Å². The zero-order chi connectivity index (χ0) is 13.1. The van der Waals surface area contributed by atoms with Crippen molar-refractivity contribution < 1.29 is 19.1 Å². The first kappa shape index (κ1) is 14.6. The van der Waals surface area contributed by atoms with Gasteiger partial charge in [0, 0.05) is 5.56 Å². The summed E-state index contributed by atoms with van der Waals surface area (Å²) < 4.78 is 4.30. The molecule has 6 heteroatoms. The quantitative estimate of drug-likeness (QED) is 0.756. The number of hydrogen-bond donors (Lipinski definition) is 2. The van der Waals surface area contributed by atoms with E-state index in [1.54, 1.807) is 36.5 Å². The molecule has 0 saturated heterocycles. The fourth-order valence-electron chi connectivity index (χ4n) is 0.823. The van der Waals surface area contributed by atoms with E-state index >= 15 is 0 Å². The largest absolute Gasteiger partial charge is 0.450 e. The zero-order valence-electron chi connectivity index (χ0n) is 9.38. The van der Waals surface area contributed by atoms with Gasteiger partial charge in [-0.3, -0.25) is 14.9 Å². The number of nitrogens with two attached hydrogens (primary N) is 1. The SMILES string of the molecule is CCOC(=O)NC=O.NC(=O)c1ccccc1. The highest BCUT2D eigenvalue weighted by Crippen LogP contribution is 1.94. The topological polar surface area (TPSA) is 98.5 Å². The smallest absolute Gasteiger partial charge is 0.413 e. The highest BCUT2D eigenvalue weighted by atomic mass is 16.5. The summed E-state index contributed by atoms with van der Waals surface area (Å²) in [5.74, 6) is -0.379. The van der Waals surface area contributed by atoms with Crippen molar-refractivity contribution in [2.24, 2.45) is 5.73 Å². The van der Waals surface area contributed by atoms with Crippen LogP contribution in [0.15, 0.2) is 30.3 Å². The highest BCUT2D eigenvalue weighted by molar-refractivity contribution is 5.92. The van der Waals surface area contributed by atoms with Crippen LogP contribution in [0.1, 0.15) is 17.3 Å². The molecule has 0 spiro atoms. The number of carbonyl (C=O) groups is 3. The van der Waals surface area contributed by atoms with E-state index in [0.717, 1.165) is 0 Å². The predicted octanol–water partition coefficient (Wildman–Crippen LogP) is 0.674. The first-order chi connectivity index (χ1) is 8.11. The molecule has 0 fully saturated rings. The lowest BCUT2D eigenvalue weighted by Gasteiger charge is -1.95. The molecule has 0 aliphatic heterocycles. The van der Waals surface area contributed by atoms with Crippen LogP contribution in [-0.2, 0) is 9.53 Å². The normalized spacial score (nSPS) is 8.29. The summed E-state index contributed by atoms with van der Waals surface area (Å²) in [6, 6.07) is 8.76. The molecule has 3 N–H and O–H groups in total. The Balaban J connectivity index is 0.000000304. The summed E-state index contributed by atoms with van der Waals surface area (Å²) >= 11 is 0. The van der Waals surface area contributed by atoms with Gasteiger partial charge < -0.3 is 10.5 Å². The van der Waals surface area contributed by atoms with Crippen LogP contribution in [0.3, 0.4) is 0 Å². The van der Waals surface area contributed by atoms with Crippen LogP contribution < -0.4 is 11.1 Å². The van der Waals surface area contributed by atoms with E-state index in [4.69, 9.17) is 5.73 Å². The average Bonchev–Trinajstić information content (AvgIpc) is 2.32. The summed E-state index contributed by atoms with van der Waals surface area (Å²) in [6.07, 6.45) is -0.430. The Morgan fingerprint density at radius 2 is 1.94 bits per heavy atom. The van der Waals surface area contributed by atoms with Crippen molar-refractivity contribution in [2.75, 3.05) is 6.61 Å². The Bertz CT molecular complexity index is 365. The second kappa shape index (κ2) is 8.90. The van der Waals surface area contributed by atoms with E-state index in [1.165, 1.54) is 0 Å². The molecule has 1 rings (SSSR count). The van der Waals surface area contributed by atoms with Gasteiger partial charge in [0.2, 0.25) is 12.3 Å². The molecule has 3 amide bonds. The molecule has 0 heterocycles. The molecule has 1 aromatic rings. The first-order valence-electron chi connectivity index (χ1n) is 4.83. The van der Waals surface area contributed by atoms with Gasteiger partial charge in [-0.15, -0.1) is 0 Å². The molecule has 17 heavy (non-hydrogen) atoms. The lowest BCUT2D eigenvalue weighted by atomic mass is 10.2. The van der Waals surface area contributed by atoms with Gasteiger partial charge in [0.1, 0.15) is 0 Å². The number of benzene rings is 1. The fourth-order valence-corrected chi connectivity index (χ4v) is 0.823. The molecular weight excluding hydrogens is 224 g/mol. The minimum absolute atomic E-state index is 0.276. The maximum atomic E-state index is 10.4. The van der Waals surface area contributed by atoms with Crippen molar-refractivity contribution in [1.82, 2.24) is 5.32 Å². The first-order valence-corrected chi connectivity index (χ1v) is 4.83. The summed E-state index contributed by atoms with van der Waals surface area (Å²) in [5.41, 5.74) is 5.53. The van der Waals surface area contributed by atoms with Gasteiger partial charge in [-0.25, -0.2) is 4.79 Å². The molecule has 1 aromatic carbocycles. The van der Waals surface area contributed by atoms with Gasteiger partial charge in [-0.2, -0.15) is 0 Å². The predicted molar refractivity (Wildman–Crippen MR) is 61.2 cm³/mol. The molecule has 0 aromatic heterocycles.